The van der Waals surface area contributed by atoms with Gasteiger partial charge in [0.25, 0.3) is 0 Å². The second-order valence-electron chi connectivity index (χ2n) is 9.00. The topological polar surface area (TPSA) is 88.5 Å². The van der Waals surface area contributed by atoms with Gasteiger partial charge in [-0.2, -0.15) is 0 Å². The Balaban J connectivity index is 2.23. The third kappa shape index (κ3) is 1.77. The van der Waals surface area contributed by atoms with Gasteiger partial charge in [0.05, 0.1) is 5.41 Å². The Morgan fingerprint density at radius 3 is 2.24 bits per heavy atom. The fourth-order valence-corrected chi connectivity index (χ4v) is 5.82. The smallest absolute Gasteiger partial charge is 0.195 e. The lowest BCUT2D eigenvalue weighted by atomic mass is 9.67. The molecule has 1 N–H and O–H groups in total. The zero-order valence-electron chi connectivity index (χ0n) is 15.5. The maximum atomic E-state index is 13.4. The summed E-state index contributed by atoms with van der Waals surface area (Å²) in [5.74, 6) is -5.15. The van der Waals surface area contributed by atoms with E-state index < -0.39 is 57.3 Å². The lowest BCUT2D eigenvalue weighted by Crippen LogP contribution is -2.52. The Kier molecular flexibility index (Phi) is 3.61. The zero-order chi connectivity index (χ0) is 19.1. The molecule has 0 heterocycles. The second kappa shape index (κ2) is 4.97. The van der Waals surface area contributed by atoms with Gasteiger partial charge in [0.1, 0.15) is 5.92 Å². The lowest BCUT2D eigenvalue weighted by Gasteiger charge is -2.35. The molecule has 0 radical (unpaired) electrons. The first-order chi connectivity index (χ1) is 11.3. The largest absolute Gasteiger partial charge is 0.374 e. The summed E-state index contributed by atoms with van der Waals surface area (Å²) in [6.45, 7) is 13.0. The maximum absolute atomic E-state index is 13.4. The molecule has 25 heavy (non-hydrogen) atoms. The van der Waals surface area contributed by atoms with Gasteiger partial charge in [-0.15, -0.1) is 0 Å². The van der Waals surface area contributed by atoms with Crippen LogP contribution in [0.5, 0.6) is 0 Å². The van der Waals surface area contributed by atoms with Gasteiger partial charge in [-0.3, -0.25) is 19.2 Å². The van der Waals surface area contributed by atoms with Crippen molar-refractivity contribution in [2.75, 3.05) is 0 Å². The summed E-state index contributed by atoms with van der Waals surface area (Å²) in [6, 6.07) is 0. The molecule has 5 atom stereocenters. The van der Waals surface area contributed by atoms with Gasteiger partial charge >= 0.3 is 0 Å². The van der Waals surface area contributed by atoms with Crippen LogP contribution in [0.1, 0.15) is 47.5 Å². The van der Waals surface area contributed by atoms with Crippen molar-refractivity contribution in [1.29, 1.82) is 0 Å². The van der Waals surface area contributed by atoms with Crippen LogP contribution in [-0.4, -0.2) is 33.8 Å². The number of ketones is 4. The van der Waals surface area contributed by atoms with Gasteiger partial charge < -0.3 is 5.11 Å². The molecule has 3 fully saturated rings. The first kappa shape index (κ1) is 18.2. The van der Waals surface area contributed by atoms with Crippen LogP contribution in [0.4, 0.5) is 0 Å². The number of hydrogen-bond acceptors (Lipinski definition) is 5. The van der Waals surface area contributed by atoms with Crippen LogP contribution in [0.15, 0.2) is 12.2 Å². The van der Waals surface area contributed by atoms with E-state index in [9.17, 15) is 24.3 Å². The van der Waals surface area contributed by atoms with Gasteiger partial charge in [0.15, 0.2) is 28.7 Å². The quantitative estimate of drug-likeness (QED) is 0.623. The Labute approximate surface area is 147 Å². The van der Waals surface area contributed by atoms with Crippen molar-refractivity contribution >= 4 is 23.1 Å². The number of carbonyl (C=O) groups excluding carboxylic acids is 4. The number of rotatable bonds is 3. The summed E-state index contributed by atoms with van der Waals surface area (Å²) in [7, 11) is 0. The molecule has 5 heteroatoms. The summed E-state index contributed by atoms with van der Waals surface area (Å²) in [5, 5.41) is 11.2. The molecule has 3 aliphatic carbocycles. The van der Waals surface area contributed by atoms with Crippen LogP contribution in [0.25, 0.3) is 0 Å². The minimum Gasteiger partial charge on any atom is -0.374 e. The fraction of sp³-hybridized carbons (Fsp3) is 0.700. The highest BCUT2D eigenvalue weighted by atomic mass is 16.3. The van der Waals surface area contributed by atoms with Crippen molar-refractivity contribution in [2.24, 2.45) is 34.5 Å². The highest BCUT2D eigenvalue weighted by Crippen LogP contribution is 2.71. The summed E-state index contributed by atoms with van der Waals surface area (Å²) in [6.07, 6.45) is 0.196. The summed E-state index contributed by atoms with van der Waals surface area (Å²) in [4.78, 5) is 51.5. The van der Waals surface area contributed by atoms with Crippen molar-refractivity contribution in [2.45, 2.75) is 53.1 Å². The molecule has 1 spiro atoms. The van der Waals surface area contributed by atoms with Crippen molar-refractivity contribution < 1.29 is 24.3 Å². The predicted molar refractivity (Wildman–Crippen MR) is 90.5 cm³/mol. The molecular weight excluding hydrogens is 320 g/mol. The second-order valence-corrected chi connectivity index (χ2v) is 9.00. The maximum Gasteiger partial charge on any atom is 0.195 e. The predicted octanol–water partition coefficient (Wildman–Crippen LogP) is 1.91. The monoisotopic (exact) mass is 346 g/mol. The van der Waals surface area contributed by atoms with Crippen molar-refractivity contribution in [3.05, 3.63) is 12.2 Å². The Hall–Kier alpha value is -1.62. The summed E-state index contributed by atoms with van der Waals surface area (Å²) < 4.78 is 0. The molecule has 5 nitrogen and oxygen atoms in total. The molecule has 3 rings (SSSR count). The molecule has 136 valence electrons. The lowest BCUT2D eigenvalue weighted by molar-refractivity contribution is -0.156. The molecule has 3 aliphatic rings. The molecule has 0 aromatic carbocycles. The minimum atomic E-state index is -2.36. The molecule has 0 bridgehead atoms. The van der Waals surface area contributed by atoms with Crippen LogP contribution < -0.4 is 0 Å². The average Bonchev–Trinajstić information content (AvgIpc) is 2.95. The van der Waals surface area contributed by atoms with Gasteiger partial charge in [-0.25, -0.2) is 0 Å². The minimum absolute atomic E-state index is 0.00660. The molecule has 0 aromatic heterocycles. The van der Waals surface area contributed by atoms with Crippen molar-refractivity contribution in [1.82, 2.24) is 0 Å². The first-order valence-electron chi connectivity index (χ1n) is 8.88. The van der Waals surface area contributed by atoms with Gasteiger partial charge in [0, 0.05) is 12.3 Å². The molecule has 0 aliphatic heterocycles. The Morgan fingerprint density at radius 2 is 1.76 bits per heavy atom. The van der Waals surface area contributed by atoms with Crippen molar-refractivity contribution in [3.8, 4) is 0 Å². The van der Waals surface area contributed by atoms with Crippen LogP contribution >= 0.6 is 0 Å². The van der Waals surface area contributed by atoms with Gasteiger partial charge in [-0.1, -0.05) is 39.8 Å². The average molecular weight is 346 g/mol. The number of Topliss-reactive ketones (excluding diaryl/α,β-unsaturated/α-hetero) is 4. The molecule has 0 saturated heterocycles. The summed E-state index contributed by atoms with van der Waals surface area (Å²) >= 11 is 0. The number of aliphatic hydroxyl groups is 1. The number of allylic oxidation sites excluding steroid dienone is 1. The molecule has 0 amide bonds. The van der Waals surface area contributed by atoms with Crippen LogP contribution in [0.3, 0.4) is 0 Å². The van der Waals surface area contributed by atoms with E-state index in [1.807, 2.05) is 20.8 Å². The SMILES string of the molecule is C=C(C)[C@@H]1C[C@@]23C(=O)[C@H](C(=O)C(C)C)C(=O)[C@]2(O)C(=O)C[C@H]3C1(C)C. The highest BCUT2D eigenvalue weighted by molar-refractivity contribution is 6.36. The first-order valence-corrected chi connectivity index (χ1v) is 8.88. The van der Waals surface area contributed by atoms with E-state index in [4.69, 9.17) is 0 Å². The van der Waals surface area contributed by atoms with Gasteiger partial charge in [0.2, 0.25) is 0 Å². The summed E-state index contributed by atoms with van der Waals surface area (Å²) in [5.41, 5.74) is -3.44. The highest BCUT2D eigenvalue weighted by Gasteiger charge is 2.83. The Bertz CT molecular complexity index is 730. The van der Waals surface area contributed by atoms with E-state index in [1.54, 1.807) is 13.8 Å². The van der Waals surface area contributed by atoms with E-state index >= 15 is 0 Å². The van der Waals surface area contributed by atoms with E-state index in [-0.39, 0.29) is 18.8 Å². The van der Waals surface area contributed by atoms with Crippen molar-refractivity contribution in [3.63, 3.8) is 0 Å². The number of carbonyl (C=O) groups is 4. The third-order valence-corrected chi connectivity index (χ3v) is 7.12. The van der Waals surface area contributed by atoms with E-state index in [2.05, 4.69) is 6.58 Å². The third-order valence-electron chi connectivity index (χ3n) is 7.12. The number of hydrogen-bond donors (Lipinski definition) is 1. The van der Waals surface area contributed by atoms with Crippen LogP contribution in [-0.2, 0) is 19.2 Å². The molecule has 0 aromatic rings. The fourth-order valence-electron chi connectivity index (χ4n) is 5.82. The van der Waals surface area contributed by atoms with Crippen LogP contribution in [0.2, 0.25) is 0 Å². The van der Waals surface area contributed by atoms with Gasteiger partial charge in [-0.05, 0) is 30.6 Å². The zero-order valence-corrected chi connectivity index (χ0v) is 15.5. The Morgan fingerprint density at radius 1 is 1.20 bits per heavy atom. The molecular formula is C20H26O5. The molecule has 3 saturated carbocycles. The standard InChI is InChI=1S/C20H26O5/c1-9(2)11-8-19-12(18(11,5)6)7-13(21)20(19,25)17(24)14(16(19)23)15(22)10(3)4/h10-12,14,25H,1,7-8H2,2-6H3/t11-,12-,14-,19+,20+/m0/s1. The van der Waals surface area contributed by atoms with E-state index in [1.165, 1.54) is 0 Å². The van der Waals surface area contributed by atoms with E-state index in [0.717, 1.165) is 5.57 Å². The molecule has 0 unspecified atom stereocenters. The van der Waals surface area contributed by atoms with Crippen LogP contribution in [0, 0.1) is 34.5 Å². The normalized spacial score (nSPS) is 42.0. The van der Waals surface area contributed by atoms with E-state index in [0.29, 0.717) is 0 Å².